The Morgan fingerprint density at radius 2 is 2.29 bits per heavy atom. The first-order valence-corrected chi connectivity index (χ1v) is 6.11. The van der Waals surface area contributed by atoms with Gasteiger partial charge in [0.05, 0.1) is 18.8 Å². The lowest BCUT2D eigenvalue weighted by molar-refractivity contribution is -0.0392. The van der Waals surface area contributed by atoms with Crippen LogP contribution in [0.15, 0.2) is 24.3 Å². The maximum Gasteiger partial charge on any atom is 0.0910 e. The van der Waals surface area contributed by atoms with Gasteiger partial charge in [0.1, 0.15) is 0 Å². The van der Waals surface area contributed by atoms with Crippen LogP contribution in [0.5, 0.6) is 0 Å². The van der Waals surface area contributed by atoms with Gasteiger partial charge >= 0.3 is 0 Å². The zero-order valence-electron chi connectivity index (χ0n) is 9.90. The fourth-order valence-electron chi connectivity index (χ4n) is 2.14. The van der Waals surface area contributed by atoms with Crippen molar-refractivity contribution in [2.75, 3.05) is 26.7 Å². The molecule has 0 aliphatic carbocycles. The predicted octanol–water partition coefficient (Wildman–Crippen LogP) is 1.18. The van der Waals surface area contributed by atoms with E-state index < -0.39 is 0 Å². The number of halogens is 1. The van der Waals surface area contributed by atoms with E-state index in [0.29, 0.717) is 5.02 Å². The molecule has 1 aromatic carbocycles. The van der Waals surface area contributed by atoms with Gasteiger partial charge in [0.2, 0.25) is 0 Å². The van der Waals surface area contributed by atoms with E-state index in [-0.39, 0.29) is 12.1 Å². The highest BCUT2D eigenvalue weighted by atomic mass is 35.5. The van der Waals surface area contributed by atoms with Crippen molar-refractivity contribution in [1.29, 1.82) is 0 Å². The van der Waals surface area contributed by atoms with Gasteiger partial charge in [-0.3, -0.25) is 11.3 Å². The number of nitrogens with zero attached hydrogens (tertiary/aromatic N) is 1. The van der Waals surface area contributed by atoms with Crippen LogP contribution in [-0.2, 0) is 4.74 Å². The van der Waals surface area contributed by atoms with Gasteiger partial charge in [0, 0.05) is 18.1 Å². The second-order valence-corrected chi connectivity index (χ2v) is 4.74. The van der Waals surface area contributed by atoms with Crippen LogP contribution >= 0.6 is 11.6 Å². The summed E-state index contributed by atoms with van der Waals surface area (Å²) in [4.78, 5) is 2.23. The van der Waals surface area contributed by atoms with Crippen LogP contribution in [-0.4, -0.2) is 37.7 Å². The molecule has 1 aliphatic heterocycles. The highest BCUT2D eigenvalue weighted by Gasteiger charge is 2.28. The Hall–Kier alpha value is -0.650. The van der Waals surface area contributed by atoms with Crippen molar-refractivity contribution in [2.24, 2.45) is 5.84 Å². The number of hydrogen-bond acceptors (Lipinski definition) is 4. The molecule has 0 spiro atoms. The molecule has 1 heterocycles. The van der Waals surface area contributed by atoms with Crippen LogP contribution < -0.4 is 11.3 Å². The number of hydrogen-bond donors (Lipinski definition) is 2. The Morgan fingerprint density at radius 3 is 2.94 bits per heavy atom. The van der Waals surface area contributed by atoms with Crippen molar-refractivity contribution in [1.82, 2.24) is 10.3 Å². The number of nitrogens with two attached hydrogens (primary N) is 1. The van der Waals surface area contributed by atoms with E-state index in [4.69, 9.17) is 22.2 Å². The van der Waals surface area contributed by atoms with E-state index in [1.807, 2.05) is 24.3 Å². The number of hydrazine groups is 1. The molecule has 1 aromatic rings. The van der Waals surface area contributed by atoms with Crippen molar-refractivity contribution in [3.8, 4) is 0 Å². The Bertz CT molecular complexity index is 375. The molecular formula is C12H18ClN3O. The highest BCUT2D eigenvalue weighted by molar-refractivity contribution is 6.31. The second kappa shape index (κ2) is 5.80. The van der Waals surface area contributed by atoms with Crippen molar-refractivity contribution < 1.29 is 4.74 Å². The van der Waals surface area contributed by atoms with Crippen molar-refractivity contribution in [3.05, 3.63) is 34.9 Å². The molecule has 3 N–H and O–H groups in total. The molecule has 5 heteroatoms. The lowest BCUT2D eigenvalue weighted by atomic mass is 10.0. The number of likely N-dealkylation sites (N-methyl/N-ethyl adjacent to an activating group) is 1. The van der Waals surface area contributed by atoms with Gasteiger partial charge in [-0.05, 0) is 18.7 Å². The number of morpholine rings is 1. The van der Waals surface area contributed by atoms with E-state index in [1.54, 1.807) is 0 Å². The summed E-state index contributed by atoms with van der Waals surface area (Å²) in [5.74, 6) is 5.64. The molecule has 17 heavy (non-hydrogen) atoms. The SMILES string of the molecule is CN1CCOC(C(NN)c2ccccc2Cl)C1. The summed E-state index contributed by atoms with van der Waals surface area (Å²) in [5.41, 5.74) is 3.80. The van der Waals surface area contributed by atoms with Crippen molar-refractivity contribution in [2.45, 2.75) is 12.1 Å². The zero-order valence-corrected chi connectivity index (χ0v) is 10.7. The zero-order chi connectivity index (χ0) is 12.3. The van der Waals surface area contributed by atoms with E-state index in [9.17, 15) is 0 Å². The third-order valence-corrected chi connectivity index (χ3v) is 3.43. The normalized spacial score (nSPS) is 23.6. The largest absolute Gasteiger partial charge is 0.374 e. The highest BCUT2D eigenvalue weighted by Crippen LogP contribution is 2.27. The molecule has 0 saturated carbocycles. The minimum atomic E-state index is -0.0774. The standard InChI is InChI=1S/C12H18ClN3O/c1-16-6-7-17-11(8-16)12(15-14)9-4-2-3-5-10(9)13/h2-5,11-12,15H,6-8,14H2,1H3. The number of nitrogens with one attached hydrogen (secondary N) is 1. The summed E-state index contributed by atoms with van der Waals surface area (Å²) in [5, 5.41) is 0.715. The monoisotopic (exact) mass is 255 g/mol. The van der Waals surface area contributed by atoms with E-state index in [0.717, 1.165) is 25.3 Å². The molecule has 1 aliphatic rings. The van der Waals surface area contributed by atoms with Crippen LogP contribution in [0.3, 0.4) is 0 Å². The molecule has 0 bridgehead atoms. The van der Waals surface area contributed by atoms with Crippen LogP contribution in [0.25, 0.3) is 0 Å². The fraction of sp³-hybridized carbons (Fsp3) is 0.500. The lowest BCUT2D eigenvalue weighted by Gasteiger charge is -2.35. The summed E-state index contributed by atoms with van der Waals surface area (Å²) >= 11 is 6.19. The molecule has 94 valence electrons. The van der Waals surface area contributed by atoms with E-state index in [1.165, 1.54) is 0 Å². The Morgan fingerprint density at radius 1 is 1.53 bits per heavy atom. The molecule has 2 rings (SSSR count). The third kappa shape index (κ3) is 2.97. The summed E-state index contributed by atoms with van der Waals surface area (Å²) in [6.45, 7) is 2.53. The average molecular weight is 256 g/mol. The fourth-order valence-corrected chi connectivity index (χ4v) is 2.39. The van der Waals surface area contributed by atoms with E-state index >= 15 is 0 Å². The van der Waals surface area contributed by atoms with Gasteiger partial charge in [-0.15, -0.1) is 0 Å². The summed E-state index contributed by atoms with van der Waals surface area (Å²) in [6, 6.07) is 7.63. The Labute approximate surface area is 107 Å². The van der Waals surface area contributed by atoms with Crippen LogP contribution in [0.4, 0.5) is 0 Å². The average Bonchev–Trinajstić information content (AvgIpc) is 2.33. The first-order valence-electron chi connectivity index (χ1n) is 5.73. The molecule has 4 nitrogen and oxygen atoms in total. The second-order valence-electron chi connectivity index (χ2n) is 4.34. The van der Waals surface area contributed by atoms with Crippen LogP contribution in [0, 0.1) is 0 Å². The lowest BCUT2D eigenvalue weighted by Crippen LogP contribution is -2.48. The quantitative estimate of drug-likeness (QED) is 0.629. The van der Waals surface area contributed by atoms with Gasteiger partial charge in [0.15, 0.2) is 0 Å². The summed E-state index contributed by atoms with van der Waals surface area (Å²) in [6.07, 6.45) is 0.0265. The predicted molar refractivity (Wildman–Crippen MR) is 68.8 cm³/mol. The third-order valence-electron chi connectivity index (χ3n) is 3.09. The number of ether oxygens (including phenoxy) is 1. The summed E-state index contributed by atoms with van der Waals surface area (Å²) in [7, 11) is 2.08. The topological polar surface area (TPSA) is 50.5 Å². The van der Waals surface area contributed by atoms with Gasteiger partial charge in [-0.2, -0.15) is 0 Å². The van der Waals surface area contributed by atoms with Crippen molar-refractivity contribution in [3.63, 3.8) is 0 Å². The van der Waals surface area contributed by atoms with Crippen LogP contribution in [0.1, 0.15) is 11.6 Å². The minimum Gasteiger partial charge on any atom is -0.374 e. The number of rotatable bonds is 3. The maximum atomic E-state index is 6.19. The molecule has 0 aromatic heterocycles. The first-order chi connectivity index (χ1) is 8.22. The van der Waals surface area contributed by atoms with E-state index in [2.05, 4.69) is 17.4 Å². The smallest absolute Gasteiger partial charge is 0.0910 e. The van der Waals surface area contributed by atoms with Gasteiger partial charge in [-0.1, -0.05) is 29.8 Å². The molecule has 2 unspecified atom stereocenters. The van der Waals surface area contributed by atoms with Crippen molar-refractivity contribution >= 4 is 11.6 Å². The van der Waals surface area contributed by atoms with Gasteiger partial charge in [0.25, 0.3) is 0 Å². The first kappa shape index (κ1) is 12.8. The molecule has 1 saturated heterocycles. The Kier molecular flexibility index (Phi) is 4.36. The molecular weight excluding hydrogens is 238 g/mol. The molecule has 0 radical (unpaired) electrons. The maximum absolute atomic E-state index is 6.19. The minimum absolute atomic E-state index is 0.0265. The Balaban J connectivity index is 2.18. The molecule has 1 fully saturated rings. The summed E-state index contributed by atoms with van der Waals surface area (Å²) < 4.78 is 5.77. The van der Waals surface area contributed by atoms with Crippen LogP contribution in [0.2, 0.25) is 5.02 Å². The van der Waals surface area contributed by atoms with Gasteiger partial charge < -0.3 is 9.64 Å². The van der Waals surface area contributed by atoms with Gasteiger partial charge in [-0.25, -0.2) is 0 Å². The molecule has 0 amide bonds. The molecule has 2 atom stereocenters. The number of benzene rings is 1.